The van der Waals surface area contributed by atoms with Gasteiger partial charge in [0.25, 0.3) is 0 Å². The van der Waals surface area contributed by atoms with Crippen LogP contribution in [0.25, 0.3) is 0 Å². The highest BCUT2D eigenvalue weighted by atomic mass is 19.4. The molecule has 0 aromatic rings. The van der Waals surface area contributed by atoms with Crippen LogP contribution in [0.15, 0.2) is 0 Å². The van der Waals surface area contributed by atoms with E-state index in [1.165, 1.54) is 0 Å². The molecule has 2 aliphatic heterocycles. The van der Waals surface area contributed by atoms with Gasteiger partial charge < -0.3 is 9.64 Å². The summed E-state index contributed by atoms with van der Waals surface area (Å²) < 4.78 is 40.6. The van der Waals surface area contributed by atoms with Gasteiger partial charge in [-0.3, -0.25) is 19.3 Å². The van der Waals surface area contributed by atoms with Crippen LogP contribution in [-0.2, 0) is 19.1 Å². The molecule has 2 saturated heterocycles. The molecule has 130 valence electrons. The predicted molar refractivity (Wildman–Crippen MR) is 72.1 cm³/mol. The molecule has 6 nitrogen and oxygen atoms in total. The maximum Gasteiger partial charge on any atom is 0.411 e. The molecule has 0 unspecified atom stereocenters. The fourth-order valence-corrected chi connectivity index (χ4v) is 2.72. The first-order valence-corrected chi connectivity index (χ1v) is 7.52. The van der Waals surface area contributed by atoms with Gasteiger partial charge in [-0.15, -0.1) is 0 Å². The van der Waals surface area contributed by atoms with E-state index in [1.54, 1.807) is 4.90 Å². The number of alkyl halides is 3. The molecule has 0 saturated carbocycles. The summed E-state index contributed by atoms with van der Waals surface area (Å²) in [7, 11) is 0. The third kappa shape index (κ3) is 5.19. The number of carbonyl (C=O) groups is 3. The van der Waals surface area contributed by atoms with Crippen molar-refractivity contribution in [2.75, 3.05) is 32.8 Å². The van der Waals surface area contributed by atoms with Gasteiger partial charge in [-0.1, -0.05) is 0 Å². The first-order chi connectivity index (χ1) is 10.8. The van der Waals surface area contributed by atoms with E-state index in [1.807, 2.05) is 0 Å². The molecule has 2 heterocycles. The Morgan fingerprint density at radius 1 is 1.13 bits per heavy atom. The Balaban J connectivity index is 1.70. The molecule has 3 amide bonds. The van der Waals surface area contributed by atoms with Crippen molar-refractivity contribution < 1.29 is 32.3 Å². The second-order valence-corrected chi connectivity index (χ2v) is 5.83. The number of halogens is 3. The van der Waals surface area contributed by atoms with Crippen LogP contribution in [0.4, 0.5) is 13.2 Å². The zero-order valence-electron chi connectivity index (χ0n) is 12.6. The van der Waals surface area contributed by atoms with Crippen molar-refractivity contribution >= 4 is 17.7 Å². The molecular formula is C14H19F3N2O4. The molecule has 0 atom stereocenters. The van der Waals surface area contributed by atoms with Gasteiger partial charge in [0.1, 0.15) is 13.2 Å². The van der Waals surface area contributed by atoms with Crippen LogP contribution in [0.3, 0.4) is 0 Å². The van der Waals surface area contributed by atoms with E-state index < -0.39 is 12.8 Å². The van der Waals surface area contributed by atoms with Crippen LogP contribution < -0.4 is 0 Å². The Bertz CT molecular complexity index is 457. The fourth-order valence-electron chi connectivity index (χ4n) is 2.72. The van der Waals surface area contributed by atoms with Crippen molar-refractivity contribution in [1.82, 2.24) is 9.80 Å². The molecule has 0 aromatic carbocycles. The lowest BCUT2D eigenvalue weighted by atomic mass is 9.98. The summed E-state index contributed by atoms with van der Waals surface area (Å²) in [6.45, 7) is -0.687. The van der Waals surface area contributed by atoms with E-state index >= 15 is 0 Å². The highest BCUT2D eigenvalue weighted by molar-refractivity contribution is 6.04. The SMILES string of the molecule is O=C(CN1C(=O)CCC1=O)N1CCC(COCC(F)(F)F)CC1. The zero-order valence-corrected chi connectivity index (χ0v) is 12.6. The van der Waals surface area contributed by atoms with Crippen molar-refractivity contribution in [3.05, 3.63) is 0 Å². The number of nitrogens with zero attached hydrogens (tertiary/aromatic N) is 2. The number of hydrogen-bond donors (Lipinski definition) is 0. The topological polar surface area (TPSA) is 66.9 Å². The minimum absolute atomic E-state index is 0.0172. The van der Waals surface area contributed by atoms with Gasteiger partial charge in [0.05, 0.1) is 0 Å². The lowest BCUT2D eigenvalue weighted by Gasteiger charge is -2.32. The monoisotopic (exact) mass is 336 g/mol. The molecule has 2 fully saturated rings. The first kappa shape index (κ1) is 17.7. The second kappa shape index (κ2) is 7.29. The number of amides is 3. The third-order valence-corrected chi connectivity index (χ3v) is 4.03. The summed E-state index contributed by atoms with van der Waals surface area (Å²) in [6, 6.07) is 0. The van der Waals surface area contributed by atoms with Gasteiger partial charge in [-0.2, -0.15) is 13.2 Å². The largest absolute Gasteiger partial charge is 0.411 e. The van der Waals surface area contributed by atoms with Gasteiger partial charge in [-0.25, -0.2) is 0 Å². The maximum absolute atomic E-state index is 12.1. The number of ether oxygens (including phenoxy) is 1. The Labute approximate surface area is 131 Å². The zero-order chi connectivity index (χ0) is 17.0. The molecule has 0 aromatic heterocycles. The Morgan fingerprint density at radius 2 is 1.70 bits per heavy atom. The number of likely N-dealkylation sites (tertiary alicyclic amines) is 2. The molecule has 0 bridgehead atoms. The van der Waals surface area contributed by atoms with Gasteiger partial charge >= 0.3 is 6.18 Å². The molecule has 0 N–H and O–H groups in total. The Kier molecular flexibility index (Phi) is 5.61. The summed E-state index contributed by atoms with van der Waals surface area (Å²) in [5.74, 6) is -0.989. The van der Waals surface area contributed by atoms with E-state index in [0.29, 0.717) is 25.9 Å². The van der Waals surface area contributed by atoms with Crippen LogP contribution in [0, 0.1) is 5.92 Å². The number of imide groups is 1. The molecule has 2 rings (SSSR count). The summed E-state index contributed by atoms with van der Waals surface area (Å²) in [5, 5.41) is 0. The van der Waals surface area contributed by atoms with Crippen molar-refractivity contribution in [3.63, 3.8) is 0 Å². The minimum Gasteiger partial charge on any atom is -0.372 e. The van der Waals surface area contributed by atoms with Crippen molar-refractivity contribution in [2.24, 2.45) is 5.92 Å². The normalized spacial score (nSPS) is 20.5. The van der Waals surface area contributed by atoms with E-state index in [9.17, 15) is 27.6 Å². The van der Waals surface area contributed by atoms with Gasteiger partial charge in [0.15, 0.2) is 0 Å². The summed E-state index contributed by atoms with van der Waals surface area (Å²) in [4.78, 5) is 37.6. The number of rotatable bonds is 5. The number of hydrogen-bond acceptors (Lipinski definition) is 4. The van der Waals surface area contributed by atoms with E-state index in [0.717, 1.165) is 4.90 Å². The molecule has 2 aliphatic rings. The van der Waals surface area contributed by atoms with Crippen molar-refractivity contribution in [2.45, 2.75) is 31.9 Å². The number of piperidine rings is 1. The van der Waals surface area contributed by atoms with Crippen LogP contribution in [0.5, 0.6) is 0 Å². The lowest BCUT2D eigenvalue weighted by molar-refractivity contribution is -0.177. The van der Waals surface area contributed by atoms with Crippen molar-refractivity contribution in [1.29, 1.82) is 0 Å². The van der Waals surface area contributed by atoms with Crippen LogP contribution in [0.2, 0.25) is 0 Å². The molecular weight excluding hydrogens is 317 g/mol. The molecule has 0 spiro atoms. The summed E-state index contributed by atoms with van der Waals surface area (Å²) >= 11 is 0. The summed E-state index contributed by atoms with van der Waals surface area (Å²) in [5.41, 5.74) is 0. The highest BCUT2D eigenvalue weighted by Crippen LogP contribution is 2.21. The smallest absolute Gasteiger partial charge is 0.372 e. The lowest BCUT2D eigenvalue weighted by Crippen LogP contribution is -2.46. The van der Waals surface area contributed by atoms with Crippen LogP contribution >= 0.6 is 0 Å². The summed E-state index contributed by atoms with van der Waals surface area (Å²) in [6.07, 6.45) is -2.95. The molecule has 9 heteroatoms. The third-order valence-electron chi connectivity index (χ3n) is 4.03. The van der Waals surface area contributed by atoms with Gasteiger partial charge in [0, 0.05) is 32.5 Å². The molecule has 23 heavy (non-hydrogen) atoms. The average Bonchev–Trinajstić information content (AvgIpc) is 2.78. The quantitative estimate of drug-likeness (QED) is 0.701. The van der Waals surface area contributed by atoms with Gasteiger partial charge in [-0.05, 0) is 18.8 Å². The average molecular weight is 336 g/mol. The molecule has 0 radical (unpaired) electrons. The Morgan fingerprint density at radius 3 is 2.22 bits per heavy atom. The van der Waals surface area contributed by atoms with E-state index in [4.69, 9.17) is 0 Å². The molecule has 0 aliphatic carbocycles. The van der Waals surface area contributed by atoms with Gasteiger partial charge in [0.2, 0.25) is 17.7 Å². The standard InChI is InChI=1S/C14H19F3N2O4/c15-14(16,17)9-23-8-10-3-5-18(6-4-10)13(22)7-19-11(20)1-2-12(19)21/h10H,1-9H2. The number of carbonyl (C=O) groups excluding carboxylic acids is 3. The van der Waals surface area contributed by atoms with Crippen LogP contribution in [0.1, 0.15) is 25.7 Å². The first-order valence-electron chi connectivity index (χ1n) is 7.52. The Hall–Kier alpha value is -1.64. The maximum atomic E-state index is 12.1. The van der Waals surface area contributed by atoms with E-state index in [2.05, 4.69) is 4.74 Å². The van der Waals surface area contributed by atoms with E-state index in [-0.39, 0.29) is 49.6 Å². The van der Waals surface area contributed by atoms with Crippen molar-refractivity contribution in [3.8, 4) is 0 Å². The second-order valence-electron chi connectivity index (χ2n) is 5.83. The highest BCUT2D eigenvalue weighted by Gasteiger charge is 2.33. The minimum atomic E-state index is -4.33. The fraction of sp³-hybridized carbons (Fsp3) is 0.786. The van der Waals surface area contributed by atoms with Crippen LogP contribution in [-0.4, -0.2) is 66.5 Å². The predicted octanol–water partition coefficient (Wildman–Crippen LogP) is 0.953.